The summed E-state index contributed by atoms with van der Waals surface area (Å²) < 4.78 is 10.3. The van der Waals surface area contributed by atoms with Crippen LogP contribution in [0.4, 0.5) is 0 Å². The van der Waals surface area contributed by atoms with Gasteiger partial charge in [-0.2, -0.15) is 0 Å². The van der Waals surface area contributed by atoms with Crippen molar-refractivity contribution in [2.45, 2.75) is 24.7 Å². The lowest BCUT2D eigenvalue weighted by Crippen LogP contribution is -2.42. The van der Waals surface area contributed by atoms with Crippen LogP contribution in [0.15, 0.2) is 72.1 Å². The van der Waals surface area contributed by atoms with E-state index in [1.165, 1.54) is 20.3 Å². The number of ketones is 1. The second-order valence-corrected chi connectivity index (χ2v) is 7.89. The molecule has 0 spiro atoms. The second kappa shape index (κ2) is 8.30. The lowest BCUT2D eigenvalue weighted by molar-refractivity contribution is -0.144. The van der Waals surface area contributed by atoms with E-state index >= 15 is 0 Å². The third-order valence-corrected chi connectivity index (χ3v) is 6.13. The molecule has 6 nitrogen and oxygen atoms in total. The van der Waals surface area contributed by atoms with Gasteiger partial charge in [-0.3, -0.25) is 9.59 Å². The minimum absolute atomic E-state index is 0.0121. The Kier molecular flexibility index (Phi) is 5.55. The molecule has 2 aromatic carbocycles. The van der Waals surface area contributed by atoms with Gasteiger partial charge in [0.15, 0.2) is 17.3 Å². The van der Waals surface area contributed by atoms with Gasteiger partial charge in [0.2, 0.25) is 0 Å². The Morgan fingerprint density at radius 1 is 1.10 bits per heavy atom. The van der Waals surface area contributed by atoms with E-state index in [9.17, 15) is 14.7 Å². The Morgan fingerprint density at radius 3 is 2.52 bits per heavy atom. The number of allylic oxidation sites excluding steroid dienone is 2. The van der Waals surface area contributed by atoms with Crippen LogP contribution in [0.3, 0.4) is 0 Å². The number of phenols is 1. The van der Waals surface area contributed by atoms with Gasteiger partial charge < -0.3 is 19.9 Å². The molecule has 0 fully saturated rings. The molecule has 0 saturated heterocycles. The van der Waals surface area contributed by atoms with Crippen LogP contribution in [0.2, 0.25) is 0 Å². The maximum absolute atomic E-state index is 13.4. The first-order chi connectivity index (χ1) is 14.9. The molecule has 4 rings (SSSR count). The summed E-state index contributed by atoms with van der Waals surface area (Å²) in [4.78, 5) is 26.1. The molecule has 0 bridgehead atoms. The molecule has 0 amide bonds. The van der Waals surface area contributed by atoms with Crippen molar-refractivity contribution in [2.24, 2.45) is 5.92 Å². The third kappa shape index (κ3) is 3.69. The van der Waals surface area contributed by atoms with Crippen LogP contribution >= 0.6 is 0 Å². The molecule has 3 unspecified atom stereocenters. The van der Waals surface area contributed by atoms with E-state index in [1.807, 2.05) is 30.3 Å². The summed E-state index contributed by atoms with van der Waals surface area (Å²) >= 11 is 0. The molecule has 1 aliphatic carbocycles. The van der Waals surface area contributed by atoms with Gasteiger partial charge in [-0.25, -0.2) is 0 Å². The van der Waals surface area contributed by atoms with Crippen LogP contribution in [0.25, 0.3) is 0 Å². The largest absolute Gasteiger partial charge is 0.504 e. The van der Waals surface area contributed by atoms with Crippen molar-refractivity contribution in [2.75, 3.05) is 14.2 Å². The molecular formula is C25H25NO5. The molecule has 2 aromatic rings. The van der Waals surface area contributed by atoms with Crippen LogP contribution < -0.4 is 10.1 Å². The van der Waals surface area contributed by atoms with E-state index in [1.54, 1.807) is 12.1 Å². The van der Waals surface area contributed by atoms with Crippen LogP contribution in [-0.2, 0) is 14.3 Å². The Labute approximate surface area is 181 Å². The fourth-order valence-corrected chi connectivity index (χ4v) is 4.66. The lowest BCUT2D eigenvalue weighted by Gasteiger charge is -2.40. The first-order valence-corrected chi connectivity index (χ1v) is 10.2. The van der Waals surface area contributed by atoms with Crippen LogP contribution in [0.5, 0.6) is 11.5 Å². The van der Waals surface area contributed by atoms with Crippen LogP contribution in [-0.4, -0.2) is 31.1 Å². The van der Waals surface area contributed by atoms with E-state index < -0.39 is 17.8 Å². The summed E-state index contributed by atoms with van der Waals surface area (Å²) in [5.74, 6) is -1.51. The van der Waals surface area contributed by atoms with E-state index in [2.05, 4.69) is 11.9 Å². The van der Waals surface area contributed by atoms with Crippen molar-refractivity contribution in [3.63, 3.8) is 0 Å². The number of hydrogen-bond acceptors (Lipinski definition) is 6. The van der Waals surface area contributed by atoms with E-state index in [0.29, 0.717) is 29.7 Å². The van der Waals surface area contributed by atoms with E-state index in [-0.39, 0.29) is 23.2 Å². The van der Waals surface area contributed by atoms with Crippen LogP contribution in [0, 0.1) is 5.92 Å². The van der Waals surface area contributed by atoms with Crippen molar-refractivity contribution in [1.82, 2.24) is 5.32 Å². The molecule has 2 N–H and O–H groups in total. The molecule has 0 aromatic heterocycles. The average molecular weight is 419 g/mol. The Balaban J connectivity index is 1.83. The number of nitrogens with one attached hydrogen (secondary N) is 1. The van der Waals surface area contributed by atoms with Crippen molar-refractivity contribution in [3.8, 4) is 11.5 Å². The Morgan fingerprint density at radius 2 is 1.84 bits per heavy atom. The number of Topliss-reactive ketones (excluding diaryl/α,β-unsaturated/α-hetero) is 1. The summed E-state index contributed by atoms with van der Waals surface area (Å²) in [5.41, 5.74) is 3.64. The zero-order valence-electron chi connectivity index (χ0n) is 17.6. The molecule has 0 radical (unpaired) electrons. The van der Waals surface area contributed by atoms with Gasteiger partial charge in [0.05, 0.1) is 14.2 Å². The number of ether oxygens (including phenoxy) is 2. The van der Waals surface area contributed by atoms with Gasteiger partial charge in [-0.15, -0.1) is 0 Å². The molecule has 0 saturated carbocycles. The zero-order valence-corrected chi connectivity index (χ0v) is 17.6. The highest BCUT2D eigenvalue weighted by Crippen LogP contribution is 2.48. The van der Waals surface area contributed by atoms with Crippen molar-refractivity contribution in [3.05, 3.63) is 83.2 Å². The number of aromatic hydroxyl groups is 1. The van der Waals surface area contributed by atoms with Gasteiger partial charge in [0.25, 0.3) is 0 Å². The highest BCUT2D eigenvalue weighted by molar-refractivity contribution is 6.01. The minimum atomic E-state index is -0.768. The number of esters is 1. The third-order valence-electron chi connectivity index (χ3n) is 6.13. The summed E-state index contributed by atoms with van der Waals surface area (Å²) in [5, 5.41) is 13.3. The summed E-state index contributed by atoms with van der Waals surface area (Å²) in [6, 6.07) is 14.8. The number of benzene rings is 2. The summed E-state index contributed by atoms with van der Waals surface area (Å²) in [6.45, 7) is 4.08. The zero-order chi connectivity index (χ0) is 22.1. The van der Waals surface area contributed by atoms with E-state index in [4.69, 9.17) is 9.47 Å². The number of methoxy groups -OCH3 is 2. The predicted molar refractivity (Wildman–Crippen MR) is 116 cm³/mol. The Bertz CT molecular complexity index is 1070. The Hall–Kier alpha value is -3.54. The van der Waals surface area contributed by atoms with Crippen molar-refractivity contribution in [1.29, 1.82) is 0 Å². The standard InChI is InChI=1S/C25H25NO5/c1-14-22(25(29)31-3)23(16-9-10-19(27)21(13-16)30-2)24-18(26-14)11-17(12-20(24)28)15-7-5-4-6-8-15/h4-10,13,17,22-23,26-27H,1,11-12H2,2-3H3. The first-order valence-electron chi connectivity index (χ1n) is 10.2. The maximum atomic E-state index is 13.4. The number of carbonyl (C=O) groups excluding carboxylic acids is 2. The summed E-state index contributed by atoms with van der Waals surface area (Å²) in [7, 11) is 2.78. The van der Waals surface area contributed by atoms with Gasteiger partial charge in [0, 0.05) is 29.3 Å². The van der Waals surface area contributed by atoms with Crippen molar-refractivity contribution >= 4 is 11.8 Å². The second-order valence-electron chi connectivity index (χ2n) is 7.89. The fraction of sp³-hybridized carbons (Fsp3) is 0.280. The van der Waals surface area contributed by atoms with Gasteiger partial charge in [-0.05, 0) is 35.6 Å². The highest BCUT2D eigenvalue weighted by Gasteiger charge is 2.45. The molecule has 160 valence electrons. The van der Waals surface area contributed by atoms with Gasteiger partial charge in [-0.1, -0.05) is 43.0 Å². The topological polar surface area (TPSA) is 84.9 Å². The quantitative estimate of drug-likeness (QED) is 0.734. The average Bonchev–Trinajstić information content (AvgIpc) is 2.78. The monoisotopic (exact) mass is 419 g/mol. The highest BCUT2D eigenvalue weighted by atomic mass is 16.5. The van der Waals surface area contributed by atoms with Gasteiger partial charge >= 0.3 is 5.97 Å². The smallest absolute Gasteiger partial charge is 0.315 e. The lowest BCUT2D eigenvalue weighted by atomic mass is 9.69. The number of hydrogen-bond donors (Lipinski definition) is 2. The number of rotatable bonds is 4. The molecule has 2 aliphatic rings. The molecular weight excluding hydrogens is 394 g/mol. The minimum Gasteiger partial charge on any atom is -0.504 e. The maximum Gasteiger partial charge on any atom is 0.315 e. The molecule has 1 heterocycles. The molecule has 6 heteroatoms. The normalized spacial score (nSPS) is 23.1. The summed E-state index contributed by atoms with van der Waals surface area (Å²) in [6.07, 6.45) is 1.00. The molecule has 31 heavy (non-hydrogen) atoms. The SMILES string of the molecule is C=C1NC2=C(C(=O)CC(c3ccccc3)C2)C(c2ccc(O)c(OC)c2)C1C(=O)OC. The molecule has 3 atom stereocenters. The molecule has 1 aliphatic heterocycles. The van der Waals surface area contributed by atoms with Crippen LogP contribution in [0.1, 0.15) is 35.8 Å². The number of carbonyl (C=O) groups is 2. The first kappa shape index (κ1) is 20.7. The van der Waals surface area contributed by atoms with Gasteiger partial charge in [0.1, 0.15) is 5.92 Å². The number of phenolic OH excluding ortho intramolecular Hbond substituents is 1. The fourth-order valence-electron chi connectivity index (χ4n) is 4.66. The van der Waals surface area contributed by atoms with Crippen molar-refractivity contribution < 1.29 is 24.2 Å². The van der Waals surface area contributed by atoms with E-state index in [0.717, 1.165) is 11.3 Å². The predicted octanol–water partition coefficient (Wildman–Crippen LogP) is 3.79.